The lowest BCUT2D eigenvalue weighted by molar-refractivity contribution is -0.380. The molecule has 1 saturated heterocycles. The number of carbonyl (C=O) groups is 2. The highest BCUT2D eigenvalue weighted by Gasteiger charge is 2.39. The van der Waals surface area contributed by atoms with E-state index in [2.05, 4.69) is 0 Å². The van der Waals surface area contributed by atoms with Gasteiger partial charge in [0.2, 0.25) is 0 Å². The van der Waals surface area contributed by atoms with E-state index in [0.29, 0.717) is 11.3 Å². The van der Waals surface area contributed by atoms with Crippen molar-refractivity contribution in [3.05, 3.63) is 27.1 Å². The number of nitro groups is 1. The Hall–Kier alpha value is -2.00. The van der Waals surface area contributed by atoms with Gasteiger partial charge in [-0.1, -0.05) is 11.3 Å². The Labute approximate surface area is 111 Å². The lowest BCUT2D eigenvalue weighted by Gasteiger charge is -2.19. The number of carbonyl (C=O) groups excluding carboxylic acids is 1. The van der Waals surface area contributed by atoms with Crippen LogP contribution >= 0.6 is 11.3 Å². The largest absolute Gasteiger partial charge is 0.480 e. The minimum Gasteiger partial charge on any atom is -0.480 e. The van der Waals surface area contributed by atoms with Crippen molar-refractivity contribution in [2.75, 3.05) is 6.54 Å². The van der Waals surface area contributed by atoms with Crippen LogP contribution in [-0.2, 0) is 4.79 Å². The molecule has 9 heteroatoms. The van der Waals surface area contributed by atoms with Crippen LogP contribution in [0.5, 0.6) is 0 Å². The molecule has 1 aliphatic heterocycles. The van der Waals surface area contributed by atoms with Gasteiger partial charge in [-0.05, 0) is 6.07 Å². The normalized spacial score (nSPS) is 22.5. The summed E-state index contributed by atoms with van der Waals surface area (Å²) in [4.78, 5) is 34.1. The van der Waals surface area contributed by atoms with Crippen molar-refractivity contribution in [2.45, 2.75) is 18.6 Å². The Morgan fingerprint density at radius 2 is 2.16 bits per heavy atom. The number of carboxylic acid groups (broad SMARTS) is 1. The SMILES string of the molecule is O=C(O)C1CC(O)CN1C(=O)c1ccc([N+](=O)[O-])s1. The van der Waals surface area contributed by atoms with E-state index >= 15 is 0 Å². The fourth-order valence-corrected chi connectivity index (χ4v) is 2.73. The van der Waals surface area contributed by atoms with E-state index < -0.39 is 28.9 Å². The molecule has 8 nitrogen and oxygen atoms in total. The molecule has 0 aliphatic carbocycles. The van der Waals surface area contributed by atoms with Gasteiger partial charge in [0.1, 0.15) is 6.04 Å². The van der Waals surface area contributed by atoms with Crippen LogP contribution in [0.4, 0.5) is 5.00 Å². The van der Waals surface area contributed by atoms with Gasteiger partial charge in [0, 0.05) is 19.0 Å². The number of aliphatic hydroxyl groups is 1. The number of hydrogen-bond acceptors (Lipinski definition) is 6. The number of β-amino-alcohol motifs (C(OH)–C–C–N with tert-alkyl or cyclic N) is 1. The molecule has 2 heterocycles. The number of aliphatic hydroxyl groups excluding tert-OH is 1. The fraction of sp³-hybridized carbons (Fsp3) is 0.400. The van der Waals surface area contributed by atoms with Gasteiger partial charge >= 0.3 is 11.0 Å². The van der Waals surface area contributed by atoms with Crippen LogP contribution in [0.3, 0.4) is 0 Å². The quantitative estimate of drug-likeness (QED) is 0.609. The summed E-state index contributed by atoms with van der Waals surface area (Å²) in [7, 11) is 0. The van der Waals surface area contributed by atoms with E-state index in [1.807, 2.05) is 0 Å². The summed E-state index contributed by atoms with van der Waals surface area (Å²) in [5.74, 6) is -1.81. The molecule has 0 radical (unpaired) electrons. The Morgan fingerprint density at radius 1 is 1.47 bits per heavy atom. The molecular formula is C10H10N2O6S. The zero-order chi connectivity index (χ0) is 14.2. The number of nitrogens with zero attached hydrogens (tertiary/aromatic N) is 2. The predicted molar refractivity (Wildman–Crippen MR) is 64.1 cm³/mol. The molecule has 1 aromatic rings. The maximum atomic E-state index is 12.1. The van der Waals surface area contributed by atoms with Crippen LogP contribution in [-0.4, -0.2) is 50.6 Å². The number of thiophene rings is 1. The Kier molecular flexibility index (Phi) is 3.49. The van der Waals surface area contributed by atoms with Crippen molar-refractivity contribution in [2.24, 2.45) is 0 Å². The summed E-state index contributed by atoms with van der Waals surface area (Å²) >= 11 is 0.686. The number of hydrogen-bond donors (Lipinski definition) is 2. The van der Waals surface area contributed by atoms with Crippen LogP contribution in [0.2, 0.25) is 0 Å². The first-order valence-corrected chi connectivity index (χ1v) is 6.18. The van der Waals surface area contributed by atoms with E-state index in [1.165, 1.54) is 12.1 Å². The summed E-state index contributed by atoms with van der Waals surface area (Å²) in [5.41, 5.74) is 0. The number of rotatable bonds is 3. The third-order valence-corrected chi connectivity index (χ3v) is 3.83. The predicted octanol–water partition coefficient (Wildman–Crippen LogP) is 0.316. The zero-order valence-electron chi connectivity index (χ0n) is 9.55. The average Bonchev–Trinajstić information content (AvgIpc) is 2.94. The third kappa shape index (κ3) is 2.56. The van der Waals surface area contributed by atoms with Crippen LogP contribution in [0.25, 0.3) is 0 Å². The molecule has 1 aliphatic rings. The second-order valence-corrected chi connectivity index (χ2v) is 5.16. The van der Waals surface area contributed by atoms with Crippen LogP contribution in [0.1, 0.15) is 16.1 Å². The molecule has 1 aromatic heterocycles. The maximum absolute atomic E-state index is 12.1. The van der Waals surface area contributed by atoms with E-state index in [4.69, 9.17) is 5.11 Å². The topological polar surface area (TPSA) is 121 Å². The lowest BCUT2D eigenvalue weighted by Crippen LogP contribution is -2.40. The Bertz CT molecular complexity index is 542. The zero-order valence-corrected chi connectivity index (χ0v) is 10.4. The van der Waals surface area contributed by atoms with Crippen molar-refractivity contribution in [3.8, 4) is 0 Å². The van der Waals surface area contributed by atoms with E-state index in [1.54, 1.807) is 0 Å². The van der Waals surface area contributed by atoms with Crippen LogP contribution < -0.4 is 0 Å². The van der Waals surface area contributed by atoms with Gasteiger partial charge in [-0.15, -0.1) is 0 Å². The highest BCUT2D eigenvalue weighted by Crippen LogP contribution is 2.28. The Morgan fingerprint density at radius 3 is 2.68 bits per heavy atom. The molecule has 2 unspecified atom stereocenters. The maximum Gasteiger partial charge on any atom is 0.326 e. The lowest BCUT2D eigenvalue weighted by atomic mass is 10.2. The van der Waals surface area contributed by atoms with Gasteiger partial charge < -0.3 is 15.1 Å². The van der Waals surface area contributed by atoms with Gasteiger partial charge in [-0.2, -0.15) is 0 Å². The number of aliphatic carboxylic acids is 1. The summed E-state index contributed by atoms with van der Waals surface area (Å²) in [6.45, 7) is -0.0818. The van der Waals surface area contributed by atoms with Crippen molar-refractivity contribution < 1.29 is 24.7 Å². The molecule has 102 valence electrons. The summed E-state index contributed by atoms with van der Waals surface area (Å²) in [5, 5.41) is 28.8. The minimum atomic E-state index is -1.20. The van der Waals surface area contributed by atoms with Crippen molar-refractivity contribution in [1.82, 2.24) is 4.90 Å². The van der Waals surface area contributed by atoms with Gasteiger partial charge in [-0.25, -0.2) is 4.79 Å². The van der Waals surface area contributed by atoms with Gasteiger partial charge in [-0.3, -0.25) is 14.9 Å². The van der Waals surface area contributed by atoms with Crippen molar-refractivity contribution in [3.63, 3.8) is 0 Å². The molecule has 0 bridgehead atoms. The summed E-state index contributed by atoms with van der Waals surface area (Å²) < 4.78 is 0. The summed E-state index contributed by atoms with van der Waals surface area (Å²) in [6, 6.07) is 1.39. The third-order valence-electron chi connectivity index (χ3n) is 2.81. The molecular weight excluding hydrogens is 276 g/mol. The number of likely N-dealkylation sites (tertiary alicyclic amines) is 1. The van der Waals surface area contributed by atoms with E-state index in [9.17, 15) is 24.8 Å². The fourth-order valence-electron chi connectivity index (χ4n) is 1.95. The Balaban J connectivity index is 2.22. The molecule has 1 fully saturated rings. The average molecular weight is 286 g/mol. The van der Waals surface area contributed by atoms with Crippen LogP contribution in [0, 0.1) is 10.1 Å². The monoisotopic (exact) mass is 286 g/mol. The minimum absolute atomic E-state index is 0.0332. The van der Waals surface area contributed by atoms with Crippen molar-refractivity contribution >= 4 is 28.2 Å². The molecule has 0 spiro atoms. The molecule has 2 rings (SSSR count). The van der Waals surface area contributed by atoms with Crippen LogP contribution in [0.15, 0.2) is 12.1 Å². The smallest absolute Gasteiger partial charge is 0.326 e. The second kappa shape index (κ2) is 4.94. The van der Waals surface area contributed by atoms with E-state index in [-0.39, 0.29) is 22.8 Å². The molecule has 2 atom stereocenters. The highest BCUT2D eigenvalue weighted by atomic mass is 32.1. The molecule has 2 N–H and O–H groups in total. The second-order valence-electron chi connectivity index (χ2n) is 4.10. The first-order valence-electron chi connectivity index (χ1n) is 5.36. The van der Waals surface area contributed by atoms with Gasteiger partial charge in [0.25, 0.3) is 5.91 Å². The highest BCUT2D eigenvalue weighted by molar-refractivity contribution is 7.17. The van der Waals surface area contributed by atoms with E-state index in [0.717, 1.165) is 4.90 Å². The first-order chi connectivity index (χ1) is 8.90. The molecule has 19 heavy (non-hydrogen) atoms. The number of amides is 1. The number of carboxylic acids is 1. The summed E-state index contributed by atoms with van der Waals surface area (Å²) in [6.07, 6.45) is -0.922. The molecule has 0 saturated carbocycles. The standard InChI is InChI=1S/C10H10N2O6S/c13-5-3-6(10(15)16)11(4-5)9(14)7-1-2-8(19-7)12(17)18/h1-2,5-6,13H,3-4H2,(H,15,16). The van der Waals surface area contributed by atoms with Gasteiger partial charge in [0.15, 0.2) is 0 Å². The van der Waals surface area contributed by atoms with Crippen molar-refractivity contribution in [1.29, 1.82) is 0 Å². The molecule has 0 aromatic carbocycles. The first kappa shape index (κ1) is 13.4. The molecule has 1 amide bonds. The van der Waals surface area contributed by atoms with Gasteiger partial charge in [0.05, 0.1) is 15.9 Å².